The highest BCUT2D eigenvalue weighted by Gasteiger charge is 2.17. The number of carbonyl (C=O) groups is 2. The average Bonchev–Trinajstić information content (AvgIpc) is 2.25. The van der Waals surface area contributed by atoms with Crippen LogP contribution in [0.4, 0.5) is 5.69 Å². The van der Waals surface area contributed by atoms with E-state index in [1.54, 1.807) is 0 Å². The van der Waals surface area contributed by atoms with Crippen LogP contribution in [0.1, 0.15) is 53.5 Å². The molecule has 21 heavy (non-hydrogen) atoms. The molecule has 0 saturated heterocycles. The zero-order chi connectivity index (χ0) is 16.3. The summed E-state index contributed by atoms with van der Waals surface area (Å²) in [5.74, 6) is -0.577. The molecule has 4 nitrogen and oxygen atoms in total. The third-order valence-corrected chi connectivity index (χ3v) is 2.87. The molecule has 0 unspecified atom stereocenters. The Balaban J connectivity index is 2.58. The van der Waals surface area contributed by atoms with Gasteiger partial charge in [0.2, 0.25) is 11.8 Å². The highest BCUT2D eigenvalue weighted by atomic mass is 16.2. The van der Waals surface area contributed by atoms with Crippen molar-refractivity contribution in [2.75, 3.05) is 5.32 Å². The second-order valence-corrected chi connectivity index (χ2v) is 7.35. The molecule has 2 N–H and O–H groups in total. The van der Waals surface area contributed by atoms with E-state index in [2.05, 4.69) is 31.4 Å². The van der Waals surface area contributed by atoms with Crippen LogP contribution in [0.15, 0.2) is 24.3 Å². The van der Waals surface area contributed by atoms with E-state index in [-0.39, 0.29) is 29.2 Å². The average molecular weight is 290 g/mol. The number of anilines is 1. The van der Waals surface area contributed by atoms with Gasteiger partial charge in [0.15, 0.2) is 0 Å². The molecule has 0 spiro atoms. The van der Waals surface area contributed by atoms with Crippen molar-refractivity contribution in [1.82, 2.24) is 5.32 Å². The summed E-state index contributed by atoms with van der Waals surface area (Å²) >= 11 is 0. The van der Waals surface area contributed by atoms with Gasteiger partial charge in [-0.2, -0.15) is 0 Å². The second kappa shape index (κ2) is 6.29. The summed E-state index contributed by atoms with van der Waals surface area (Å²) in [6.07, 6.45) is -0.168. The van der Waals surface area contributed by atoms with Crippen LogP contribution >= 0.6 is 0 Å². The molecule has 0 aliphatic carbocycles. The summed E-state index contributed by atoms with van der Waals surface area (Å²) in [6, 6.07) is 7.70. The lowest BCUT2D eigenvalue weighted by Crippen LogP contribution is -2.41. The van der Waals surface area contributed by atoms with E-state index < -0.39 is 0 Å². The molecule has 0 atom stereocenters. The molecule has 1 aromatic rings. The minimum Gasteiger partial charge on any atom is -0.351 e. The van der Waals surface area contributed by atoms with Crippen LogP contribution in [0.5, 0.6) is 0 Å². The largest absolute Gasteiger partial charge is 0.351 e. The molecule has 0 bridgehead atoms. The van der Waals surface area contributed by atoms with E-state index in [1.165, 1.54) is 5.56 Å². The lowest BCUT2D eigenvalue weighted by molar-refractivity contribution is -0.127. The first kappa shape index (κ1) is 17.2. The zero-order valence-electron chi connectivity index (χ0n) is 13.8. The summed E-state index contributed by atoms with van der Waals surface area (Å²) in [5, 5.41) is 5.50. The van der Waals surface area contributed by atoms with Crippen molar-refractivity contribution in [3.05, 3.63) is 29.8 Å². The number of rotatable bonds is 3. The molecule has 0 aliphatic heterocycles. The molecule has 116 valence electrons. The molecule has 0 saturated carbocycles. The Morgan fingerprint density at radius 1 is 0.905 bits per heavy atom. The van der Waals surface area contributed by atoms with E-state index in [9.17, 15) is 9.59 Å². The highest BCUT2D eigenvalue weighted by Crippen LogP contribution is 2.23. The van der Waals surface area contributed by atoms with Gasteiger partial charge in [-0.1, -0.05) is 32.9 Å². The van der Waals surface area contributed by atoms with Crippen LogP contribution in [-0.4, -0.2) is 17.4 Å². The van der Waals surface area contributed by atoms with Crippen LogP contribution in [0.2, 0.25) is 0 Å². The van der Waals surface area contributed by atoms with Gasteiger partial charge in [0.1, 0.15) is 6.42 Å². The molecule has 1 aromatic carbocycles. The molecular weight excluding hydrogens is 264 g/mol. The molecule has 0 fully saturated rings. The van der Waals surface area contributed by atoms with Gasteiger partial charge >= 0.3 is 0 Å². The molecule has 4 heteroatoms. The van der Waals surface area contributed by atoms with Gasteiger partial charge < -0.3 is 10.6 Å². The Hall–Kier alpha value is -1.84. The zero-order valence-corrected chi connectivity index (χ0v) is 13.8. The number of nitrogens with one attached hydrogen (secondary N) is 2. The van der Waals surface area contributed by atoms with E-state index in [0.29, 0.717) is 5.69 Å². The molecule has 1 rings (SSSR count). The summed E-state index contributed by atoms with van der Waals surface area (Å²) in [4.78, 5) is 23.5. The molecule has 0 heterocycles. The maximum absolute atomic E-state index is 11.8. The number of carbonyl (C=O) groups excluding carboxylic acids is 2. The Kier molecular flexibility index (Phi) is 5.15. The Bertz CT molecular complexity index is 505. The first-order chi connectivity index (χ1) is 9.47. The fraction of sp³-hybridized carbons (Fsp3) is 0.529. The lowest BCUT2D eigenvalue weighted by atomic mass is 9.87. The molecular formula is C17H26N2O2. The SMILES string of the molecule is CC(C)(C)NC(=O)CC(=O)Nc1ccc(C(C)(C)C)cc1. The van der Waals surface area contributed by atoms with Crippen molar-refractivity contribution in [2.24, 2.45) is 0 Å². The highest BCUT2D eigenvalue weighted by molar-refractivity contribution is 6.03. The van der Waals surface area contributed by atoms with Crippen LogP contribution in [0, 0.1) is 0 Å². The molecule has 2 amide bonds. The Morgan fingerprint density at radius 3 is 1.86 bits per heavy atom. The predicted molar refractivity (Wildman–Crippen MR) is 86.3 cm³/mol. The number of hydrogen-bond acceptors (Lipinski definition) is 2. The van der Waals surface area contributed by atoms with Crippen LogP contribution in [-0.2, 0) is 15.0 Å². The van der Waals surface area contributed by atoms with Gasteiger partial charge in [0.05, 0.1) is 0 Å². The van der Waals surface area contributed by atoms with Crippen molar-refractivity contribution in [2.45, 2.75) is 58.9 Å². The number of hydrogen-bond donors (Lipinski definition) is 2. The van der Waals surface area contributed by atoms with Gasteiger partial charge in [0.25, 0.3) is 0 Å². The minimum absolute atomic E-state index is 0.0785. The minimum atomic E-state index is -0.328. The van der Waals surface area contributed by atoms with Crippen LogP contribution < -0.4 is 10.6 Å². The summed E-state index contributed by atoms with van der Waals surface area (Å²) in [6.45, 7) is 12.1. The number of benzene rings is 1. The van der Waals surface area contributed by atoms with E-state index in [0.717, 1.165) is 0 Å². The van der Waals surface area contributed by atoms with Crippen LogP contribution in [0.25, 0.3) is 0 Å². The van der Waals surface area contributed by atoms with Gasteiger partial charge in [-0.3, -0.25) is 9.59 Å². The van der Waals surface area contributed by atoms with Gasteiger partial charge in [0, 0.05) is 11.2 Å². The van der Waals surface area contributed by atoms with E-state index >= 15 is 0 Å². The maximum atomic E-state index is 11.8. The van der Waals surface area contributed by atoms with Crippen molar-refractivity contribution >= 4 is 17.5 Å². The van der Waals surface area contributed by atoms with Crippen molar-refractivity contribution in [1.29, 1.82) is 0 Å². The maximum Gasteiger partial charge on any atom is 0.233 e. The first-order valence-corrected chi connectivity index (χ1v) is 7.19. The standard InChI is InChI=1S/C17H26N2O2/c1-16(2,3)12-7-9-13(10-8-12)18-14(20)11-15(21)19-17(4,5)6/h7-10H,11H2,1-6H3,(H,18,20)(H,19,21). The summed E-state index contributed by atoms with van der Waals surface area (Å²) < 4.78 is 0. The predicted octanol–water partition coefficient (Wildman–Crippen LogP) is 3.23. The van der Waals surface area contributed by atoms with E-state index in [1.807, 2.05) is 45.0 Å². The smallest absolute Gasteiger partial charge is 0.233 e. The summed E-state index contributed by atoms with van der Waals surface area (Å²) in [5.41, 5.74) is 1.66. The lowest BCUT2D eigenvalue weighted by Gasteiger charge is -2.20. The fourth-order valence-electron chi connectivity index (χ4n) is 1.87. The normalized spacial score (nSPS) is 11.9. The van der Waals surface area contributed by atoms with Gasteiger partial charge in [-0.05, 0) is 43.9 Å². The quantitative estimate of drug-likeness (QED) is 0.840. The Morgan fingerprint density at radius 2 is 1.43 bits per heavy atom. The van der Waals surface area contributed by atoms with Crippen molar-refractivity contribution in [3.8, 4) is 0 Å². The fourth-order valence-corrected chi connectivity index (χ4v) is 1.87. The first-order valence-electron chi connectivity index (χ1n) is 7.19. The van der Waals surface area contributed by atoms with Gasteiger partial charge in [-0.15, -0.1) is 0 Å². The molecule has 0 aromatic heterocycles. The summed E-state index contributed by atoms with van der Waals surface area (Å²) in [7, 11) is 0. The monoisotopic (exact) mass is 290 g/mol. The van der Waals surface area contributed by atoms with Crippen molar-refractivity contribution in [3.63, 3.8) is 0 Å². The van der Waals surface area contributed by atoms with Crippen molar-refractivity contribution < 1.29 is 9.59 Å². The topological polar surface area (TPSA) is 58.2 Å². The Labute approximate surface area is 127 Å². The molecule has 0 radical (unpaired) electrons. The van der Waals surface area contributed by atoms with Gasteiger partial charge in [-0.25, -0.2) is 0 Å². The number of amides is 2. The van der Waals surface area contributed by atoms with Crippen LogP contribution in [0.3, 0.4) is 0 Å². The van der Waals surface area contributed by atoms with E-state index in [4.69, 9.17) is 0 Å². The molecule has 0 aliphatic rings. The third-order valence-electron chi connectivity index (χ3n) is 2.87. The third kappa shape index (κ3) is 6.43. The second-order valence-electron chi connectivity index (χ2n) is 7.35.